The first kappa shape index (κ1) is 37.2. The molecule has 6 amide bonds. The number of aryl methyl sites for hydroxylation is 2. The van der Waals surface area contributed by atoms with Gasteiger partial charge in [-0.05, 0) is 44.6 Å². The molecule has 2 fully saturated rings. The Balaban J connectivity index is 1.44. The number of amides is 6. The van der Waals surface area contributed by atoms with Gasteiger partial charge in [-0.3, -0.25) is 33.6 Å². The summed E-state index contributed by atoms with van der Waals surface area (Å²) in [7, 11) is 0. The largest absolute Gasteiger partial charge is 0.465 e. The van der Waals surface area contributed by atoms with Crippen LogP contribution in [0.15, 0.2) is 34.7 Å². The molecule has 0 unspecified atom stereocenters. The van der Waals surface area contributed by atoms with Gasteiger partial charge in [-0.25, -0.2) is 0 Å². The minimum atomic E-state index is -1.49. The summed E-state index contributed by atoms with van der Waals surface area (Å²) in [6.07, 6.45) is 1.36. The molecule has 6 atom stereocenters. The van der Waals surface area contributed by atoms with Gasteiger partial charge in [-0.2, -0.15) is 0 Å². The van der Waals surface area contributed by atoms with Gasteiger partial charge in [-0.1, -0.05) is 44.2 Å². The van der Waals surface area contributed by atoms with E-state index in [0.717, 1.165) is 4.90 Å². The van der Waals surface area contributed by atoms with Gasteiger partial charge in [0.25, 0.3) is 5.91 Å². The van der Waals surface area contributed by atoms with Crippen molar-refractivity contribution >= 4 is 41.2 Å². The maximum atomic E-state index is 14.0. The maximum absolute atomic E-state index is 14.0. The summed E-state index contributed by atoms with van der Waals surface area (Å²) in [5, 5.41) is 23.9. The lowest BCUT2D eigenvalue weighted by atomic mass is 9.93. The quantitative estimate of drug-likeness (QED) is 0.247. The Morgan fingerprint density at radius 2 is 1.69 bits per heavy atom. The molecule has 15 nitrogen and oxygen atoms in total. The second-order valence-corrected chi connectivity index (χ2v) is 13.9. The van der Waals surface area contributed by atoms with Crippen molar-refractivity contribution in [1.82, 2.24) is 31.5 Å². The molecule has 0 saturated carbocycles. The van der Waals surface area contributed by atoms with Crippen LogP contribution in [0.4, 0.5) is 0 Å². The lowest BCUT2D eigenvalue weighted by Crippen LogP contribution is -2.59. The predicted molar refractivity (Wildman–Crippen MR) is 182 cm³/mol. The number of aliphatic hydroxyl groups is 1. The average molecular weight is 707 g/mol. The van der Waals surface area contributed by atoms with Crippen molar-refractivity contribution in [1.29, 1.82) is 0 Å². The van der Waals surface area contributed by atoms with E-state index in [-0.39, 0.29) is 60.8 Å². The molecule has 1 aromatic heterocycles. The first-order valence-corrected chi connectivity index (χ1v) is 17.4. The maximum Gasteiger partial charge on any atom is 0.255 e. The lowest BCUT2D eigenvalue weighted by Gasteiger charge is -2.30. The third kappa shape index (κ3) is 8.47. The second kappa shape index (κ2) is 15.9. The van der Waals surface area contributed by atoms with Gasteiger partial charge in [0.1, 0.15) is 35.7 Å². The van der Waals surface area contributed by atoms with E-state index in [2.05, 4.69) is 26.6 Å². The first-order valence-electron chi connectivity index (χ1n) is 17.4. The van der Waals surface area contributed by atoms with Crippen LogP contribution in [-0.4, -0.2) is 94.6 Å². The average Bonchev–Trinajstić information content (AvgIpc) is 3.67. The van der Waals surface area contributed by atoms with Crippen molar-refractivity contribution < 1.29 is 43.1 Å². The number of hydrogen-bond acceptors (Lipinski definition) is 9. The van der Waals surface area contributed by atoms with E-state index in [1.807, 2.05) is 13.8 Å². The fourth-order valence-electron chi connectivity index (χ4n) is 6.98. The number of hydrogen-bond donors (Lipinski definition) is 6. The Morgan fingerprint density at radius 3 is 2.37 bits per heavy atom. The Morgan fingerprint density at radius 1 is 0.961 bits per heavy atom. The monoisotopic (exact) mass is 706 g/mol. The fraction of sp³-hybridized carbons (Fsp3) is 0.528. The number of ketones is 1. The molecule has 15 heteroatoms. The molecule has 51 heavy (non-hydrogen) atoms. The van der Waals surface area contributed by atoms with Gasteiger partial charge in [0.15, 0.2) is 5.78 Å². The van der Waals surface area contributed by atoms with E-state index in [9.17, 15) is 38.7 Å². The van der Waals surface area contributed by atoms with E-state index in [1.54, 1.807) is 37.3 Å². The van der Waals surface area contributed by atoms with Crippen LogP contribution in [0.2, 0.25) is 0 Å². The van der Waals surface area contributed by atoms with Crippen molar-refractivity contribution in [3.05, 3.63) is 58.5 Å². The highest BCUT2D eigenvalue weighted by Gasteiger charge is 2.44. The smallest absolute Gasteiger partial charge is 0.255 e. The first-order chi connectivity index (χ1) is 24.3. The molecule has 2 aliphatic heterocycles. The number of Topliss-reactive ketones (excluding diaryl/α,β-unsaturated/α-hetero) is 1. The highest BCUT2D eigenvalue weighted by atomic mass is 16.3. The van der Waals surface area contributed by atoms with Crippen LogP contribution in [0.5, 0.6) is 0 Å². The molecule has 6 N–H and O–H groups in total. The molecule has 1 aromatic carbocycles. The zero-order valence-corrected chi connectivity index (χ0v) is 29.2. The lowest BCUT2D eigenvalue weighted by molar-refractivity contribution is -0.143. The molecular formula is C36H46N6O9. The van der Waals surface area contributed by atoms with Gasteiger partial charge in [0.2, 0.25) is 29.5 Å². The number of fused-ring (bicyclic) bond motifs is 2. The number of furan rings is 1. The number of aliphatic hydroxyl groups excluding tert-OH is 1. The van der Waals surface area contributed by atoms with E-state index in [0.29, 0.717) is 24.2 Å². The summed E-state index contributed by atoms with van der Waals surface area (Å²) in [5.74, 6) is -3.42. The van der Waals surface area contributed by atoms with Crippen LogP contribution in [0.25, 0.3) is 0 Å². The molecule has 2 saturated heterocycles. The van der Waals surface area contributed by atoms with Crippen molar-refractivity contribution in [3.8, 4) is 0 Å². The molecular weight excluding hydrogens is 660 g/mol. The number of carbonyl (C=O) groups is 7. The van der Waals surface area contributed by atoms with Gasteiger partial charge < -0.3 is 41.0 Å². The van der Waals surface area contributed by atoms with E-state index >= 15 is 0 Å². The summed E-state index contributed by atoms with van der Waals surface area (Å²) in [5.41, 5.74) is 0.990. The van der Waals surface area contributed by atoms with Gasteiger partial charge in [0.05, 0.1) is 30.2 Å². The van der Waals surface area contributed by atoms with Gasteiger partial charge in [0, 0.05) is 25.4 Å². The van der Waals surface area contributed by atoms with Crippen LogP contribution in [0, 0.1) is 12.8 Å². The summed E-state index contributed by atoms with van der Waals surface area (Å²) >= 11 is 0. The molecule has 0 spiro atoms. The summed E-state index contributed by atoms with van der Waals surface area (Å²) in [6, 6.07) is 2.36. The molecule has 1 aliphatic carbocycles. The summed E-state index contributed by atoms with van der Waals surface area (Å²) < 4.78 is 5.74. The van der Waals surface area contributed by atoms with Crippen LogP contribution in [0.3, 0.4) is 0 Å². The molecule has 3 aliphatic rings. The topological polar surface area (TPSA) is 216 Å². The zero-order chi connectivity index (χ0) is 37.0. The van der Waals surface area contributed by atoms with Crippen molar-refractivity contribution in [3.63, 3.8) is 0 Å². The molecule has 5 rings (SSSR count). The molecule has 274 valence electrons. The van der Waals surface area contributed by atoms with Crippen molar-refractivity contribution in [2.45, 2.75) is 102 Å². The SMILES string of the molecule is Cc1oc2c(c1C(=O)N[C@H]1C[C@H]3C(=O)N[C@@H](C)C(=O)N[C@H](c4ccccc4)CC(=O)N[C@@H](CC(C)C)C(=O)N[C@@H](CO)C(=O)N3C1)C(=O)CCC2. The molecule has 0 bridgehead atoms. The Hall–Kier alpha value is -5.05. The predicted octanol–water partition coefficient (Wildman–Crippen LogP) is 0.580. The zero-order valence-electron chi connectivity index (χ0n) is 29.2. The molecule has 2 aromatic rings. The van der Waals surface area contributed by atoms with E-state index in [1.165, 1.54) is 6.92 Å². The normalized spacial score (nSPS) is 26.5. The van der Waals surface area contributed by atoms with Gasteiger partial charge in [-0.15, -0.1) is 0 Å². The van der Waals surface area contributed by atoms with Crippen LogP contribution >= 0.6 is 0 Å². The summed E-state index contributed by atoms with van der Waals surface area (Å²) in [6.45, 7) is 5.80. The highest BCUT2D eigenvalue weighted by Crippen LogP contribution is 2.30. The second-order valence-electron chi connectivity index (χ2n) is 13.9. The van der Waals surface area contributed by atoms with E-state index < -0.39 is 78.3 Å². The number of benzene rings is 1. The Labute approximate surface area is 295 Å². The number of nitrogens with zero attached hydrogens (tertiary/aromatic N) is 1. The van der Waals surface area contributed by atoms with Gasteiger partial charge >= 0.3 is 0 Å². The Kier molecular flexibility index (Phi) is 11.6. The van der Waals surface area contributed by atoms with Crippen molar-refractivity contribution in [2.75, 3.05) is 13.2 Å². The number of carbonyl (C=O) groups excluding carboxylic acids is 7. The van der Waals surface area contributed by atoms with E-state index in [4.69, 9.17) is 4.42 Å². The van der Waals surface area contributed by atoms with Crippen molar-refractivity contribution in [2.24, 2.45) is 5.92 Å². The standard InChI is InChI=1S/C36H46N6O9/c1-18(2)13-24-33(47)41-25(17-43)36(50)42-16-22(38-35(49)30-20(4)51-28-12-8-11-27(44)31(28)30)14-26(42)34(48)37-19(3)32(46)40-23(15-29(45)39-24)21-9-6-5-7-10-21/h5-7,9-10,18-19,22-26,43H,8,11-17H2,1-4H3,(H,37,48)(H,38,49)(H,39,45)(H,40,46)(H,41,47)/t19-,22-,23-,24-,25-,26-/m0/s1. The molecule has 0 radical (unpaired) electrons. The molecule has 3 heterocycles. The van der Waals surface area contributed by atoms with Crippen LogP contribution in [-0.2, 0) is 30.4 Å². The number of nitrogens with one attached hydrogen (secondary N) is 5. The van der Waals surface area contributed by atoms with Crippen LogP contribution < -0.4 is 26.6 Å². The summed E-state index contributed by atoms with van der Waals surface area (Å²) in [4.78, 5) is 95.6. The minimum Gasteiger partial charge on any atom is -0.465 e. The van der Waals surface area contributed by atoms with Crippen LogP contribution in [0.1, 0.15) is 96.7 Å². The fourth-order valence-corrected chi connectivity index (χ4v) is 6.98. The number of rotatable bonds is 6. The minimum absolute atomic E-state index is 0.0452. The third-order valence-corrected chi connectivity index (χ3v) is 9.51. The third-order valence-electron chi connectivity index (χ3n) is 9.51. The highest BCUT2D eigenvalue weighted by molar-refractivity contribution is 6.10. The Bertz CT molecular complexity index is 1690.